The summed E-state index contributed by atoms with van der Waals surface area (Å²) in [6.45, 7) is 1.52. The van der Waals surface area contributed by atoms with Gasteiger partial charge in [0.1, 0.15) is 0 Å². The molecule has 0 saturated heterocycles. The van der Waals surface area contributed by atoms with Crippen LogP contribution in [0.1, 0.15) is 5.56 Å². The normalized spacial score (nSPS) is 10.6. The Bertz CT molecular complexity index is 213. The van der Waals surface area contributed by atoms with E-state index in [2.05, 4.69) is 16.0 Å². The number of nitrogens with zero attached hydrogens (tertiary/aromatic N) is 2. The fraction of sp³-hybridized carbons (Fsp3) is 0.444. The van der Waals surface area contributed by atoms with Gasteiger partial charge in [0.05, 0.1) is 6.73 Å². The van der Waals surface area contributed by atoms with Gasteiger partial charge >= 0.3 is 0 Å². The maximum atomic E-state index is 4.98. The number of hydrogen-bond acceptors (Lipinski definition) is 3. The Balaban J connectivity index is 2.41. The van der Waals surface area contributed by atoms with Crippen molar-refractivity contribution in [2.24, 2.45) is 0 Å². The molecule has 0 aliphatic heterocycles. The van der Waals surface area contributed by atoms with Gasteiger partial charge in [-0.25, -0.2) is 0 Å². The Kier molecular flexibility index (Phi) is 3.70. The van der Waals surface area contributed by atoms with E-state index < -0.39 is 0 Å². The van der Waals surface area contributed by atoms with Gasteiger partial charge in [0, 0.05) is 26.0 Å². The van der Waals surface area contributed by atoms with Gasteiger partial charge in [0.25, 0.3) is 0 Å². The van der Waals surface area contributed by atoms with Crippen LogP contribution in [-0.2, 0) is 11.3 Å². The fourth-order valence-corrected chi connectivity index (χ4v) is 1.07. The molecule has 0 N–H and O–H groups in total. The lowest BCUT2D eigenvalue weighted by atomic mass is 10.3. The summed E-state index contributed by atoms with van der Waals surface area (Å²) >= 11 is 0. The predicted molar refractivity (Wildman–Crippen MR) is 47.6 cm³/mol. The summed E-state index contributed by atoms with van der Waals surface area (Å²) in [5.41, 5.74) is 1.21. The third kappa shape index (κ3) is 2.98. The monoisotopic (exact) mass is 166 g/mol. The lowest BCUT2D eigenvalue weighted by Crippen LogP contribution is -2.20. The SMILES string of the molecule is COCN(C)Cc1cccnc1. The van der Waals surface area contributed by atoms with Crippen molar-refractivity contribution in [2.75, 3.05) is 20.9 Å². The lowest BCUT2D eigenvalue weighted by molar-refractivity contribution is 0.0771. The maximum absolute atomic E-state index is 4.98. The van der Waals surface area contributed by atoms with Crippen molar-refractivity contribution >= 4 is 0 Å². The van der Waals surface area contributed by atoms with E-state index in [1.807, 2.05) is 19.3 Å². The van der Waals surface area contributed by atoms with E-state index in [9.17, 15) is 0 Å². The molecule has 3 heteroatoms. The van der Waals surface area contributed by atoms with Crippen molar-refractivity contribution in [1.29, 1.82) is 0 Å². The van der Waals surface area contributed by atoms with Crippen LogP contribution in [0.4, 0.5) is 0 Å². The number of pyridine rings is 1. The van der Waals surface area contributed by atoms with Crippen molar-refractivity contribution in [1.82, 2.24) is 9.88 Å². The molecule has 0 atom stereocenters. The molecule has 12 heavy (non-hydrogen) atoms. The van der Waals surface area contributed by atoms with E-state index in [1.165, 1.54) is 5.56 Å². The van der Waals surface area contributed by atoms with Gasteiger partial charge in [0.2, 0.25) is 0 Å². The Labute approximate surface area is 73.0 Å². The molecule has 0 spiro atoms. The molecule has 66 valence electrons. The number of rotatable bonds is 4. The zero-order valence-electron chi connectivity index (χ0n) is 7.53. The van der Waals surface area contributed by atoms with Crippen LogP contribution in [0.5, 0.6) is 0 Å². The first kappa shape index (κ1) is 9.16. The van der Waals surface area contributed by atoms with Crippen LogP contribution >= 0.6 is 0 Å². The van der Waals surface area contributed by atoms with Crippen LogP contribution in [0.25, 0.3) is 0 Å². The highest BCUT2D eigenvalue weighted by molar-refractivity contribution is 5.07. The van der Waals surface area contributed by atoms with E-state index in [4.69, 9.17) is 4.74 Å². The average molecular weight is 166 g/mol. The molecule has 0 saturated carbocycles. The first-order valence-corrected chi connectivity index (χ1v) is 3.89. The summed E-state index contributed by atoms with van der Waals surface area (Å²) in [6.07, 6.45) is 3.64. The second-order valence-corrected chi connectivity index (χ2v) is 2.79. The van der Waals surface area contributed by atoms with Gasteiger partial charge in [-0.2, -0.15) is 0 Å². The molecule has 0 unspecified atom stereocenters. The Morgan fingerprint density at radius 1 is 1.58 bits per heavy atom. The molecule has 0 fully saturated rings. The Morgan fingerprint density at radius 3 is 3.00 bits per heavy atom. The third-order valence-corrected chi connectivity index (χ3v) is 1.52. The van der Waals surface area contributed by atoms with E-state index in [0.717, 1.165) is 6.54 Å². The quantitative estimate of drug-likeness (QED) is 0.627. The zero-order valence-corrected chi connectivity index (χ0v) is 7.53. The maximum Gasteiger partial charge on any atom is 0.0986 e. The number of methoxy groups -OCH3 is 1. The summed E-state index contributed by atoms with van der Waals surface area (Å²) in [6, 6.07) is 4.00. The highest BCUT2D eigenvalue weighted by Crippen LogP contribution is 1.99. The fourth-order valence-electron chi connectivity index (χ4n) is 1.07. The second-order valence-electron chi connectivity index (χ2n) is 2.79. The standard InChI is InChI=1S/C9H14N2O/c1-11(8-12-2)7-9-4-3-5-10-6-9/h3-6H,7-8H2,1-2H3. The van der Waals surface area contributed by atoms with Crippen molar-refractivity contribution in [3.8, 4) is 0 Å². The van der Waals surface area contributed by atoms with Gasteiger partial charge in [-0.3, -0.25) is 9.88 Å². The molecular weight excluding hydrogens is 152 g/mol. The minimum atomic E-state index is 0.648. The first-order chi connectivity index (χ1) is 5.83. The van der Waals surface area contributed by atoms with Crippen LogP contribution in [0.2, 0.25) is 0 Å². The Hall–Kier alpha value is -0.930. The largest absolute Gasteiger partial charge is 0.369 e. The van der Waals surface area contributed by atoms with E-state index in [-0.39, 0.29) is 0 Å². The lowest BCUT2D eigenvalue weighted by Gasteiger charge is -2.14. The number of ether oxygens (including phenoxy) is 1. The number of aromatic nitrogens is 1. The van der Waals surface area contributed by atoms with E-state index in [1.54, 1.807) is 13.3 Å². The second kappa shape index (κ2) is 4.85. The van der Waals surface area contributed by atoms with Crippen LogP contribution < -0.4 is 0 Å². The molecule has 0 bridgehead atoms. The van der Waals surface area contributed by atoms with E-state index in [0.29, 0.717) is 6.73 Å². The number of hydrogen-bond donors (Lipinski definition) is 0. The highest BCUT2D eigenvalue weighted by Gasteiger charge is 1.97. The molecule has 0 radical (unpaired) electrons. The van der Waals surface area contributed by atoms with Crippen LogP contribution in [-0.4, -0.2) is 30.8 Å². The van der Waals surface area contributed by atoms with Crippen molar-refractivity contribution in [3.63, 3.8) is 0 Å². The predicted octanol–water partition coefficient (Wildman–Crippen LogP) is 1.12. The zero-order chi connectivity index (χ0) is 8.81. The van der Waals surface area contributed by atoms with Crippen molar-refractivity contribution in [3.05, 3.63) is 30.1 Å². The summed E-state index contributed by atoms with van der Waals surface area (Å²) < 4.78 is 4.98. The molecule has 0 aliphatic carbocycles. The smallest absolute Gasteiger partial charge is 0.0986 e. The van der Waals surface area contributed by atoms with Gasteiger partial charge < -0.3 is 4.74 Å². The van der Waals surface area contributed by atoms with Gasteiger partial charge in [-0.15, -0.1) is 0 Å². The Morgan fingerprint density at radius 2 is 2.42 bits per heavy atom. The summed E-state index contributed by atoms with van der Waals surface area (Å²) in [5.74, 6) is 0. The molecule has 0 aliphatic rings. The molecule has 1 rings (SSSR count). The molecule has 1 heterocycles. The van der Waals surface area contributed by atoms with Crippen molar-refractivity contribution < 1.29 is 4.74 Å². The van der Waals surface area contributed by atoms with Gasteiger partial charge in [-0.05, 0) is 18.7 Å². The molecular formula is C9H14N2O. The summed E-state index contributed by atoms with van der Waals surface area (Å²) in [7, 11) is 3.70. The average Bonchev–Trinajstić information content (AvgIpc) is 2.06. The molecule has 1 aromatic heterocycles. The van der Waals surface area contributed by atoms with Crippen LogP contribution in [0.3, 0.4) is 0 Å². The van der Waals surface area contributed by atoms with Gasteiger partial charge in [-0.1, -0.05) is 6.07 Å². The molecule has 3 nitrogen and oxygen atoms in total. The summed E-state index contributed by atoms with van der Waals surface area (Å²) in [4.78, 5) is 6.11. The molecule has 0 amide bonds. The molecule has 0 aromatic carbocycles. The first-order valence-electron chi connectivity index (χ1n) is 3.89. The van der Waals surface area contributed by atoms with Crippen LogP contribution in [0.15, 0.2) is 24.5 Å². The summed E-state index contributed by atoms with van der Waals surface area (Å²) in [5, 5.41) is 0. The highest BCUT2D eigenvalue weighted by atomic mass is 16.5. The van der Waals surface area contributed by atoms with Crippen molar-refractivity contribution in [2.45, 2.75) is 6.54 Å². The van der Waals surface area contributed by atoms with Crippen LogP contribution in [0, 0.1) is 0 Å². The topological polar surface area (TPSA) is 25.4 Å². The molecule has 1 aromatic rings. The third-order valence-electron chi connectivity index (χ3n) is 1.52. The minimum absolute atomic E-state index is 0.648. The van der Waals surface area contributed by atoms with E-state index >= 15 is 0 Å². The minimum Gasteiger partial charge on any atom is -0.369 e. The van der Waals surface area contributed by atoms with Gasteiger partial charge in [0.15, 0.2) is 0 Å².